The highest BCUT2D eigenvalue weighted by Gasteiger charge is 2.20. The Morgan fingerprint density at radius 3 is 2.63 bits per heavy atom. The van der Waals surface area contributed by atoms with E-state index >= 15 is 0 Å². The van der Waals surface area contributed by atoms with Gasteiger partial charge in [0.2, 0.25) is 11.0 Å². The van der Waals surface area contributed by atoms with Gasteiger partial charge in [0.1, 0.15) is 5.51 Å². The second-order valence-electron chi connectivity index (χ2n) is 6.58. The molecule has 0 aliphatic rings. The van der Waals surface area contributed by atoms with Crippen molar-refractivity contribution < 1.29 is 4.79 Å². The first-order valence-corrected chi connectivity index (χ1v) is 12.1. The van der Waals surface area contributed by atoms with E-state index < -0.39 is 0 Å². The molecule has 1 amide bonds. The first-order valence-electron chi connectivity index (χ1n) is 9.34. The standard InChI is InChI=1S/C20H20N6OS3/c1-4-26-18(15-9-28-13(3)17(15)14-7-5-12(2)6-8-14)23-25-20(26)29-10-16(27)22-19-24-21-11-30-19/h5-9,11H,4,10H2,1-3H3,(H,22,24,27). The van der Waals surface area contributed by atoms with Crippen LogP contribution in [0.1, 0.15) is 17.4 Å². The molecular formula is C20H20N6OS3. The lowest BCUT2D eigenvalue weighted by Crippen LogP contribution is -2.14. The van der Waals surface area contributed by atoms with Crippen LogP contribution in [-0.4, -0.2) is 36.6 Å². The zero-order valence-corrected chi connectivity index (χ0v) is 19.2. The molecule has 4 aromatic rings. The highest BCUT2D eigenvalue weighted by atomic mass is 32.2. The Balaban J connectivity index is 1.58. The number of aryl methyl sites for hydroxylation is 2. The molecule has 3 heterocycles. The number of hydrogen-bond acceptors (Lipinski definition) is 8. The summed E-state index contributed by atoms with van der Waals surface area (Å²) < 4.78 is 2.06. The predicted octanol–water partition coefficient (Wildman–Crippen LogP) is 4.89. The topological polar surface area (TPSA) is 85.6 Å². The zero-order valence-electron chi connectivity index (χ0n) is 16.7. The molecule has 0 spiro atoms. The van der Waals surface area contributed by atoms with Gasteiger partial charge in [0.15, 0.2) is 11.0 Å². The molecule has 0 aliphatic heterocycles. The van der Waals surface area contributed by atoms with E-state index in [9.17, 15) is 4.79 Å². The highest BCUT2D eigenvalue weighted by molar-refractivity contribution is 7.99. The molecule has 0 aliphatic carbocycles. The van der Waals surface area contributed by atoms with Gasteiger partial charge in [-0.25, -0.2) is 0 Å². The van der Waals surface area contributed by atoms with Gasteiger partial charge < -0.3 is 4.57 Å². The minimum atomic E-state index is -0.143. The van der Waals surface area contributed by atoms with E-state index in [1.54, 1.807) is 16.8 Å². The van der Waals surface area contributed by atoms with Crippen molar-refractivity contribution in [3.8, 4) is 22.5 Å². The molecule has 7 nitrogen and oxygen atoms in total. The molecule has 154 valence electrons. The zero-order chi connectivity index (χ0) is 21.1. The molecule has 0 unspecified atom stereocenters. The summed E-state index contributed by atoms with van der Waals surface area (Å²) in [5, 5.41) is 22.5. The maximum Gasteiger partial charge on any atom is 0.236 e. The fourth-order valence-electron chi connectivity index (χ4n) is 3.09. The van der Waals surface area contributed by atoms with Crippen LogP contribution in [0.15, 0.2) is 40.3 Å². The Morgan fingerprint density at radius 1 is 1.13 bits per heavy atom. The monoisotopic (exact) mass is 456 g/mol. The fourth-order valence-corrected chi connectivity index (χ4v) is 5.22. The first-order chi connectivity index (χ1) is 14.6. The SMILES string of the molecule is CCn1c(SCC(=O)Nc2nncs2)nnc1-c1csc(C)c1-c1ccc(C)cc1. The van der Waals surface area contributed by atoms with Crippen LogP contribution in [0.25, 0.3) is 22.5 Å². The van der Waals surface area contributed by atoms with Crippen LogP contribution in [0, 0.1) is 13.8 Å². The molecule has 3 aromatic heterocycles. The summed E-state index contributed by atoms with van der Waals surface area (Å²) in [7, 11) is 0. The van der Waals surface area contributed by atoms with Crippen molar-refractivity contribution in [1.29, 1.82) is 0 Å². The van der Waals surface area contributed by atoms with Crippen molar-refractivity contribution in [2.24, 2.45) is 0 Å². The Kier molecular flexibility index (Phi) is 6.26. The van der Waals surface area contributed by atoms with E-state index in [1.165, 1.54) is 44.7 Å². The Morgan fingerprint density at radius 2 is 1.93 bits per heavy atom. The second kappa shape index (κ2) is 9.07. The molecule has 0 atom stereocenters. The van der Waals surface area contributed by atoms with E-state index in [2.05, 4.69) is 80.7 Å². The number of benzene rings is 1. The van der Waals surface area contributed by atoms with Gasteiger partial charge in [-0.05, 0) is 26.3 Å². The van der Waals surface area contributed by atoms with Crippen LogP contribution < -0.4 is 5.32 Å². The van der Waals surface area contributed by atoms with Crippen molar-refractivity contribution in [2.45, 2.75) is 32.5 Å². The number of nitrogens with zero attached hydrogens (tertiary/aromatic N) is 5. The number of carbonyl (C=O) groups excluding carboxylic acids is 1. The van der Waals surface area contributed by atoms with E-state index in [1.807, 2.05) is 0 Å². The van der Waals surface area contributed by atoms with Crippen LogP contribution >= 0.6 is 34.4 Å². The summed E-state index contributed by atoms with van der Waals surface area (Å²) in [4.78, 5) is 13.4. The third-order valence-corrected chi connectivity index (χ3v) is 7.01. The lowest BCUT2D eigenvalue weighted by Gasteiger charge is -2.09. The van der Waals surface area contributed by atoms with E-state index in [-0.39, 0.29) is 11.7 Å². The number of thiophene rings is 1. The Hall–Kier alpha value is -2.56. The molecule has 0 saturated heterocycles. The minimum Gasteiger partial charge on any atom is -0.302 e. The summed E-state index contributed by atoms with van der Waals surface area (Å²) in [6, 6.07) is 8.54. The lowest BCUT2D eigenvalue weighted by atomic mass is 10.0. The van der Waals surface area contributed by atoms with Gasteiger partial charge in [0, 0.05) is 27.9 Å². The summed E-state index contributed by atoms with van der Waals surface area (Å²) in [6.45, 7) is 6.99. The van der Waals surface area contributed by atoms with Gasteiger partial charge in [-0.2, -0.15) is 0 Å². The van der Waals surface area contributed by atoms with Crippen molar-refractivity contribution in [3.63, 3.8) is 0 Å². The first kappa shape index (κ1) is 20.7. The third-order valence-electron chi connectivity index (χ3n) is 4.53. The summed E-state index contributed by atoms with van der Waals surface area (Å²) >= 11 is 4.36. The lowest BCUT2D eigenvalue weighted by molar-refractivity contribution is -0.113. The average Bonchev–Trinajstić information content (AvgIpc) is 3.47. The highest BCUT2D eigenvalue weighted by Crippen LogP contribution is 2.39. The van der Waals surface area contributed by atoms with Gasteiger partial charge in [0.05, 0.1) is 5.75 Å². The van der Waals surface area contributed by atoms with Gasteiger partial charge in [-0.15, -0.1) is 31.7 Å². The predicted molar refractivity (Wildman–Crippen MR) is 123 cm³/mol. The molecule has 0 saturated carbocycles. The van der Waals surface area contributed by atoms with Crippen LogP contribution in [-0.2, 0) is 11.3 Å². The number of anilines is 1. The summed E-state index contributed by atoms with van der Waals surface area (Å²) in [5.41, 5.74) is 6.24. The van der Waals surface area contributed by atoms with Crippen LogP contribution in [0.4, 0.5) is 5.13 Å². The fraction of sp³-hybridized carbons (Fsp3) is 0.250. The number of nitrogens with one attached hydrogen (secondary N) is 1. The van der Waals surface area contributed by atoms with Crippen LogP contribution in [0.2, 0.25) is 0 Å². The van der Waals surface area contributed by atoms with Crippen molar-refractivity contribution in [3.05, 3.63) is 45.6 Å². The molecule has 0 fully saturated rings. The molecule has 30 heavy (non-hydrogen) atoms. The average molecular weight is 457 g/mol. The molecule has 0 bridgehead atoms. The second-order valence-corrected chi connectivity index (χ2v) is 9.44. The number of rotatable bonds is 7. The minimum absolute atomic E-state index is 0.143. The van der Waals surface area contributed by atoms with Gasteiger partial charge in [-0.1, -0.05) is 52.9 Å². The Labute approximate surface area is 186 Å². The third kappa shape index (κ3) is 4.30. The molecular weight excluding hydrogens is 436 g/mol. The number of carbonyl (C=O) groups is 1. The van der Waals surface area contributed by atoms with Gasteiger partial charge in [0.25, 0.3) is 0 Å². The molecule has 0 radical (unpaired) electrons. The van der Waals surface area contributed by atoms with Crippen molar-refractivity contribution >= 4 is 45.5 Å². The van der Waals surface area contributed by atoms with E-state index in [0.717, 1.165) is 16.5 Å². The van der Waals surface area contributed by atoms with Gasteiger partial charge >= 0.3 is 0 Å². The number of aromatic nitrogens is 5. The molecule has 1 N–H and O–H groups in total. The smallest absolute Gasteiger partial charge is 0.236 e. The normalized spacial score (nSPS) is 11.0. The maximum atomic E-state index is 12.2. The van der Waals surface area contributed by atoms with Crippen molar-refractivity contribution in [2.75, 3.05) is 11.1 Å². The van der Waals surface area contributed by atoms with E-state index in [4.69, 9.17) is 0 Å². The van der Waals surface area contributed by atoms with Crippen LogP contribution in [0.3, 0.4) is 0 Å². The van der Waals surface area contributed by atoms with E-state index in [0.29, 0.717) is 11.7 Å². The van der Waals surface area contributed by atoms with Gasteiger partial charge in [-0.3, -0.25) is 10.1 Å². The van der Waals surface area contributed by atoms with Crippen LogP contribution in [0.5, 0.6) is 0 Å². The quantitative estimate of drug-likeness (QED) is 0.398. The number of thioether (sulfide) groups is 1. The van der Waals surface area contributed by atoms with Crippen molar-refractivity contribution in [1.82, 2.24) is 25.0 Å². The Bertz CT molecular complexity index is 1150. The largest absolute Gasteiger partial charge is 0.302 e. The number of hydrogen-bond donors (Lipinski definition) is 1. The maximum absolute atomic E-state index is 12.2. The molecule has 1 aromatic carbocycles. The molecule has 10 heteroatoms. The summed E-state index contributed by atoms with van der Waals surface area (Å²) in [5.74, 6) is 0.908. The summed E-state index contributed by atoms with van der Waals surface area (Å²) in [6.07, 6.45) is 0. The molecule has 4 rings (SSSR count). The number of amides is 1.